The van der Waals surface area contributed by atoms with Gasteiger partial charge in [0.05, 0.1) is 0 Å². The van der Waals surface area contributed by atoms with Crippen molar-refractivity contribution >= 4 is 5.78 Å². The lowest BCUT2D eigenvalue weighted by molar-refractivity contribution is 0.0982. The molecule has 0 spiro atoms. The van der Waals surface area contributed by atoms with Gasteiger partial charge in [-0.2, -0.15) is 0 Å². The number of carbonyl (C=O) groups excluding carboxylic acids is 1. The average molecular weight is 227 g/mol. The summed E-state index contributed by atoms with van der Waals surface area (Å²) < 4.78 is 0. The molecule has 1 heterocycles. The van der Waals surface area contributed by atoms with E-state index in [1.54, 1.807) is 36.7 Å². The molecule has 2 rings (SSSR count). The first-order chi connectivity index (χ1) is 8.27. The number of benzene rings is 1. The first-order valence-corrected chi connectivity index (χ1v) is 5.47. The lowest BCUT2D eigenvalue weighted by Gasteiger charge is -2.03. The van der Waals surface area contributed by atoms with Crippen molar-refractivity contribution in [1.29, 1.82) is 0 Å². The zero-order valence-electron chi connectivity index (χ0n) is 9.34. The van der Waals surface area contributed by atoms with Gasteiger partial charge in [-0.25, -0.2) is 0 Å². The van der Waals surface area contributed by atoms with Crippen LogP contribution in [0.1, 0.15) is 22.3 Å². The van der Waals surface area contributed by atoms with E-state index in [0.29, 0.717) is 18.4 Å². The van der Waals surface area contributed by atoms with Crippen molar-refractivity contribution in [2.24, 2.45) is 0 Å². The summed E-state index contributed by atoms with van der Waals surface area (Å²) in [6.45, 7) is 0. The Morgan fingerprint density at radius 1 is 1.12 bits per heavy atom. The predicted octanol–water partition coefficient (Wildman–Crippen LogP) is 2.60. The molecule has 1 N–H and O–H groups in total. The molecule has 1 aromatic carbocycles. The molecule has 0 atom stereocenters. The van der Waals surface area contributed by atoms with Gasteiger partial charge in [0.1, 0.15) is 5.75 Å². The summed E-state index contributed by atoms with van der Waals surface area (Å²) in [7, 11) is 0. The highest BCUT2D eigenvalue weighted by Crippen LogP contribution is 2.18. The molecule has 0 amide bonds. The largest absolute Gasteiger partial charge is 0.508 e. The molecule has 1 aromatic heterocycles. The summed E-state index contributed by atoms with van der Waals surface area (Å²) in [5, 5.41) is 9.57. The minimum Gasteiger partial charge on any atom is -0.508 e. The van der Waals surface area contributed by atoms with E-state index in [2.05, 4.69) is 4.98 Å². The normalized spacial score (nSPS) is 10.1. The molecule has 0 aliphatic rings. The van der Waals surface area contributed by atoms with Crippen LogP contribution in [0.3, 0.4) is 0 Å². The van der Waals surface area contributed by atoms with Crippen molar-refractivity contribution in [1.82, 2.24) is 4.98 Å². The minimum absolute atomic E-state index is 0.0654. The second kappa shape index (κ2) is 5.25. The molecule has 0 saturated carbocycles. The second-order valence-electron chi connectivity index (χ2n) is 3.79. The molecule has 0 unspecified atom stereocenters. The lowest BCUT2D eigenvalue weighted by atomic mass is 10.0. The summed E-state index contributed by atoms with van der Waals surface area (Å²) in [4.78, 5) is 15.7. The number of Topliss-reactive ketones (excluding diaryl/α,β-unsaturated/α-hetero) is 1. The van der Waals surface area contributed by atoms with E-state index in [1.165, 1.54) is 0 Å². The van der Waals surface area contributed by atoms with Gasteiger partial charge >= 0.3 is 0 Å². The van der Waals surface area contributed by atoms with Crippen molar-refractivity contribution in [3.8, 4) is 5.75 Å². The fourth-order valence-corrected chi connectivity index (χ4v) is 1.65. The summed E-state index contributed by atoms with van der Waals surface area (Å²) in [6.07, 6.45) is 4.15. The number of aryl methyl sites for hydroxylation is 1. The third-order valence-corrected chi connectivity index (χ3v) is 2.62. The maximum absolute atomic E-state index is 11.8. The van der Waals surface area contributed by atoms with Gasteiger partial charge in [-0.1, -0.05) is 18.2 Å². The van der Waals surface area contributed by atoms with E-state index < -0.39 is 0 Å². The van der Waals surface area contributed by atoms with E-state index in [9.17, 15) is 9.90 Å². The van der Waals surface area contributed by atoms with Crippen LogP contribution < -0.4 is 0 Å². The molecule has 2 aromatic rings. The van der Waals surface area contributed by atoms with Crippen LogP contribution >= 0.6 is 0 Å². The SMILES string of the molecule is O=C(CCc1ccccc1O)c1ccncc1. The Bertz CT molecular complexity index is 509. The van der Waals surface area contributed by atoms with Gasteiger partial charge in [0.25, 0.3) is 0 Å². The molecule has 0 fully saturated rings. The Balaban J connectivity index is 2.00. The van der Waals surface area contributed by atoms with Crippen LogP contribution in [0.15, 0.2) is 48.8 Å². The van der Waals surface area contributed by atoms with E-state index >= 15 is 0 Å². The molecule has 86 valence electrons. The highest BCUT2D eigenvalue weighted by Gasteiger charge is 2.07. The Morgan fingerprint density at radius 3 is 2.53 bits per heavy atom. The van der Waals surface area contributed by atoms with Gasteiger partial charge in [0, 0.05) is 24.4 Å². The number of nitrogens with zero attached hydrogens (tertiary/aromatic N) is 1. The van der Waals surface area contributed by atoms with Crippen LogP contribution in [0.4, 0.5) is 0 Å². The van der Waals surface area contributed by atoms with Crippen molar-refractivity contribution < 1.29 is 9.90 Å². The number of phenols is 1. The number of hydrogen-bond acceptors (Lipinski definition) is 3. The van der Waals surface area contributed by atoms with Gasteiger partial charge in [0.15, 0.2) is 5.78 Å². The number of phenolic OH excluding ortho intramolecular Hbond substituents is 1. The summed E-state index contributed by atoms with van der Waals surface area (Å²) in [6, 6.07) is 10.5. The maximum atomic E-state index is 11.8. The number of aromatic hydroxyl groups is 1. The molecule has 3 heteroatoms. The van der Waals surface area contributed by atoms with Crippen LogP contribution in [-0.4, -0.2) is 15.9 Å². The quantitative estimate of drug-likeness (QED) is 0.817. The van der Waals surface area contributed by atoms with Gasteiger partial charge in [-0.15, -0.1) is 0 Å². The molecule has 0 bridgehead atoms. The smallest absolute Gasteiger partial charge is 0.163 e. The van der Waals surface area contributed by atoms with E-state index in [0.717, 1.165) is 5.56 Å². The van der Waals surface area contributed by atoms with Crippen molar-refractivity contribution in [2.45, 2.75) is 12.8 Å². The molecule has 0 aliphatic heterocycles. The number of carbonyl (C=O) groups is 1. The first kappa shape index (κ1) is 11.3. The van der Waals surface area contributed by atoms with Gasteiger partial charge in [0.2, 0.25) is 0 Å². The first-order valence-electron chi connectivity index (χ1n) is 5.47. The fourth-order valence-electron chi connectivity index (χ4n) is 1.65. The summed E-state index contributed by atoms with van der Waals surface area (Å²) >= 11 is 0. The number of para-hydroxylation sites is 1. The van der Waals surface area contributed by atoms with Gasteiger partial charge in [-0.05, 0) is 30.2 Å². The average Bonchev–Trinajstić information content (AvgIpc) is 2.38. The van der Waals surface area contributed by atoms with Crippen LogP contribution in [0.5, 0.6) is 5.75 Å². The Labute approximate surface area is 99.8 Å². The van der Waals surface area contributed by atoms with Gasteiger partial charge < -0.3 is 5.11 Å². The van der Waals surface area contributed by atoms with Crippen molar-refractivity contribution in [3.63, 3.8) is 0 Å². The zero-order chi connectivity index (χ0) is 12.1. The number of ketones is 1. The van der Waals surface area contributed by atoms with E-state index in [4.69, 9.17) is 0 Å². The highest BCUT2D eigenvalue weighted by molar-refractivity contribution is 5.96. The lowest BCUT2D eigenvalue weighted by Crippen LogP contribution is -2.01. The Hall–Kier alpha value is -2.16. The topological polar surface area (TPSA) is 50.2 Å². The molecular weight excluding hydrogens is 214 g/mol. The highest BCUT2D eigenvalue weighted by atomic mass is 16.3. The molecule has 0 aliphatic carbocycles. The van der Waals surface area contributed by atoms with Crippen molar-refractivity contribution in [3.05, 3.63) is 59.9 Å². The van der Waals surface area contributed by atoms with E-state index in [1.807, 2.05) is 12.1 Å². The zero-order valence-corrected chi connectivity index (χ0v) is 9.34. The standard InChI is InChI=1S/C14H13NO2/c16-13-4-2-1-3-11(13)5-6-14(17)12-7-9-15-10-8-12/h1-4,7-10,16H,5-6H2. The van der Waals surface area contributed by atoms with Crippen LogP contribution in [0, 0.1) is 0 Å². The van der Waals surface area contributed by atoms with E-state index in [-0.39, 0.29) is 11.5 Å². The number of rotatable bonds is 4. The predicted molar refractivity (Wildman–Crippen MR) is 65.0 cm³/mol. The summed E-state index contributed by atoms with van der Waals surface area (Å²) in [5.74, 6) is 0.311. The van der Waals surface area contributed by atoms with Gasteiger partial charge in [-0.3, -0.25) is 9.78 Å². The molecule has 0 radical (unpaired) electrons. The van der Waals surface area contributed by atoms with Crippen LogP contribution in [0.25, 0.3) is 0 Å². The Kier molecular flexibility index (Phi) is 3.50. The van der Waals surface area contributed by atoms with Crippen LogP contribution in [-0.2, 0) is 6.42 Å². The number of pyridine rings is 1. The number of aromatic nitrogens is 1. The monoisotopic (exact) mass is 227 g/mol. The molecule has 17 heavy (non-hydrogen) atoms. The number of hydrogen-bond donors (Lipinski definition) is 1. The Morgan fingerprint density at radius 2 is 1.82 bits per heavy atom. The third kappa shape index (κ3) is 2.91. The van der Waals surface area contributed by atoms with Crippen molar-refractivity contribution in [2.75, 3.05) is 0 Å². The summed E-state index contributed by atoms with van der Waals surface area (Å²) in [5.41, 5.74) is 1.46. The molecule has 3 nitrogen and oxygen atoms in total. The van der Waals surface area contributed by atoms with Crippen LogP contribution in [0.2, 0.25) is 0 Å². The fraction of sp³-hybridized carbons (Fsp3) is 0.143. The molecular formula is C14H13NO2. The maximum Gasteiger partial charge on any atom is 0.163 e. The third-order valence-electron chi connectivity index (χ3n) is 2.62. The molecule has 0 saturated heterocycles. The second-order valence-corrected chi connectivity index (χ2v) is 3.79. The minimum atomic E-state index is 0.0654.